The number of carbonyl (C=O) groups excluding carboxylic acids is 1. The van der Waals surface area contributed by atoms with Crippen LogP contribution in [0.15, 0.2) is 33.5 Å². The molecular formula is C22H26Br3F3N4O3. The number of hydrogen-bond acceptors (Lipinski definition) is 6. The van der Waals surface area contributed by atoms with Crippen molar-refractivity contribution in [3.05, 3.63) is 57.5 Å². The molecule has 1 atom stereocenters. The van der Waals surface area contributed by atoms with Crippen LogP contribution in [0.3, 0.4) is 0 Å². The summed E-state index contributed by atoms with van der Waals surface area (Å²) in [6.45, 7) is 1.64. The highest BCUT2D eigenvalue weighted by atomic mass is 79.9. The number of benzene rings is 2. The Balaban J connectivity index is 0.00000385. The van der Waals surface area contributed by atoms with Gasteiger partial charge in [0.1, 0.15) is 11.6 Å². The molecule has 3 aromatic rings. The van der Waals surface area contributed by atoms with Crippen LogP contribution < -0.4 is 27.9 Å². The van der Waals surface area contributed by atoms with Crippen molar-refractivity contribution in [1.82, 2.24) is 0 Å². The summed E-state index contributed by atoms with van der Waals surface area (Å²) < 4.78 is 48.6. The molecule has 1 heterocycles. The highest BCUT2D eigenvalue weighted by Gasteiger charge is 2.21. The molecule has 1 aromatic heterocycles. The Hall–Kier alpha value is -1.93. The quantitative estimate of drug-likeness (QED) is 0.206. The van der Waals surface area contributed by atoms with Gasteiger partial charge in [0, 0.05) is 17.2 Å². The first kappa shape index (κ1) is 33.1. The van der Waals surface area contributed by atoms with E-state index in [0.717, 1.165) is 25.5 Å². The van der Waals surface area contributed by atoms with Crippen LogP contribution in [0.2, 0.25) is 0 Å². The normalized spacial score (nSPS) is 11.1. The Morgan fingerprint density at radius 3 is 2.34 bits per heavy atom. The number of fused-ring (bicyclic) bond motifs is 1. The monoisotopic (exact) mass is 688 g/mol. The third kappa shape index (κ3) is 7.06. The van der Waals surface area contributed by atoms with Gasteiger partial charge in [-0.1, -0.05) is 6.42 Å². The predicted octanol–water partition coefficient (Wildman–Crippen LogP) is 4.90. The molecule has 35 heavy (non-hydrogen) atoms. The van der Waals surface area contributed by atoms with Crippen LogP contribution in [0.5, 0.6) is 0 Å². The molecule has 1 amide bonds. The zero-order chi connectivity index (χ0) is 23.6. The molecule has 0 radical (unpaired) electrons. The van der Waals surface area contributed by atoms with Gasteiger partial charge in [-0.2, -0.15) is 0 Å². The number of nitrogen functional groups attached to an aromatic ring is 1. The zero-order valence-electron chi connectivity index (χ0n) is 18.5. The number of unbranched alkanes of at least 4 members (excludes halogenated alkanes) is 1. The largest absolute Gasteiger partial charge is 0.453 e. The number of nitrogens with two attached hydrogens (primary N) is 3. The van der Waals surface area contributed by atoms with Gasteiger partial charge in [-0.3, -0.25) is 9.59 Å². The minimum absolute atomic E-state index is 0. The number of anilines is 2. The van der Waals surface area contributed by atoms with Crippen molar-refractivity contribution in [3.8, 4) is 11.3 Å². The second kappa shape index (κ2) is 14.0. The predicted molar refractivity (Wildman–Crippen MR) is 147 cm³/mol. The van der Waals surface area contributed by atoms with Crippen molar-refractivity contribution >= 4 is 79.2 Å². The molecule has 0 spiro atoms. The summed E-state index contributed by atoms with van der Waals surface area (Å²) >= 11 is 0. The van der Waals surface area contributed by atoms with Crippen LogP contribution in [-0.4, -0.2) is 18.5 Å². The number of carbonyl (C=O) groups is 1. The van der Waals surface area contributed by atoms with Crippen molar-refractivity contribution in [3.63, 3.8) is 0 Å². The van der Waals surface area contributed by atoms with Gasteiger partial charge in [0.25, 0.3) is 0 Å². The smallest absolute Gasteiger partial charge is 0.241 e. The van der Waals surface area contributed by atoms with E-state index in [1.165, 1.54) is 12.1 Å². The first-order valence-corrected chi connectivity index (χ1v) is 9.93. The maximum absolute atomic E-state index is 14.6. The van der Waals surface area contributed by atoms with E-state index in [4.69, 9.17) is 21.6 Å². The number of amides is 1. The molecule has 2 aromatic carbocycles. The number of nitrogens with one attached hydrogen (secondary N) is 1. The molecule has 0 aliphatic rings. The van der Waals surface area contributed by atoms with Gasteiger partial charge in [-0.05, 0) is 44.5 Å². The lowest BCUT2D eigenvalue weighted by Gasteiger charge is -2.13. The second-order valence-corrected chi connectivity index (χ2v) is 7.42. The Morgan fingerprint density at radius 2 is 1.74 bits per heavy atom. The summed E-state index contributed by atoms with van der Waals surface area (Å²) in [7, 11) is 0. The molecule has 194 valence electrons. The zero-order valence-corrected chi connectivity index (χ0v) is 23.7. The van der Waals surface area contributed by atoms with Gasteiger partial charge in [0.2, 0.25) is 5.91 Å². The minimum Gasteiger partial charge on any atom is -0.453 e. The van der Waals surface area contributed by atoms with E-state index in [2.05, 4.69) is 5.32 Å². The minimum atomic E-state index is -1.07. The lowest BCUT2D eigenvalue weighted by atomic mass is 10.1. The van der Waals surface area contributed by atoms with Gasteiger partial charge in [0.15, 0.2) is 22.6 Å². The van der Waals surface area contributed by atoms with Crippen LogP contribution in [-0.2, 0) is 4.79 Å². The first-order chi connectivity index (χ1) is 15.1. The van der Waals surface area contributed by atoms with E-state index in [1.807, 2.05) is 0 Å². The molecule has 0 saturated carbocycles. The van der Waals surface area contributed by atoms with E-state index >= 15 is 0 Å². The maximum Gasteiger partial charge on any atom is 0.241 e. The van der Waals surface area contributed by atoms with E-state index in [0.29, 0.717) is 19.4 Å². The van der Waals surface area contributed by atoms with E-state index < -0.39 is 57.0 Å². The first-order valence-electron chi connectivity index (χ1n) is 9.93. The van der Waals surface area contributed by atoms with Crippen LogP contribution in [0.4, 0.5) is 24.5 Å². The third-order valence-corrected chi connectivity index (χ3v) is 5.13. The summed E-state index contributed by atoms with van der Waals surface area (Å²) in [6.07, 6.45) is 1.79. The highest BCUT2D eigenvalue weighted by molar-refractivity contribution is 8.93. The molecule has 3 rings (SSSR count). The fraction of sp³-hybridized carbons (Fsp3) is 0.273. The molecule has 0 fully saturated rings. The summed E-state index contributed by atoms with van der Waals surface area (Å²) in [5.74, 6) is -3.63. The lowest BCUT2D eigenvalue weighted by molar-refractivity contribution is -0.117. The average Bonchev–Trinajstić information content (AvgIpc) is 2.77. The summed E-state index contributed by atoms with van der Waals surface area (Å²) in [5, 5.41) is 1.98. The van der Waals surface area contributed by atoms with Crippen LogP contribution >= 0.6 is 50.9 Å². The van der Waals surface area contributed by atoms with Crippen molar-refractivity contribution in [2.75, 3.05) is 17.6 Å². The van der Waals surface area contributed by atoms with Crippen LogP contribution in [0.1, 0.15) is 24.8 Å². The van der Waals surface area contributed by atoms with Gasteiger partial charge < -0.3 is 26.9 Å². The third-order valence-electron chi connectivity index (χ3n) is 5.13. The summed E-state index contributed by atoms with van der Waals surface area (Å²) in [5.41, 5.74) is 14.6. The molecule has 0 saturated heterocycles. The Labute approximate surface area is 230 Å². The van der Waals surface area contributed by atoms with Crippen LogP contribution in [0.25, 0.3) is 22.3 Å². The van der Waals surface area contributed by atoms with Gasteiger partial charge in [-0.15, -0.1) is 50.9 Å². The molecule has 0 bridgehead atoms. The summed E-state index contributed by atoms with van der Waals surface area (Å²) in [4.78, 5) is 24.6. The van der Waals surface area contributed by atoms with E-state index in [1.54, 1.807) is 0 Å². The molecule has 0 aliphatic carbocycles. The maximum atomic E-state index is 14.6. The van der Waals surface area contributed by atoms with Crippen molar-refractivity contribution < 1.29 is 22.4 Å². The Kier molecular flexibility index (Phi) is 13.2. The lowest BCUT2D eigenvalue weighted by Crippen LogP contribution is -2.35. The SMILES string of the molecule is Br.Br.Br.Cc1c(F)c(N)c2c(=O)cc(-c3ccc(NC(=O)[C@@H](N)CCCCN)c(F)c3)oc2c1F. The molecule has 0 unspecified atom stereocenters. The molecule has 7 nitrogen and oxygen atoms in total. The Bertz CT molecular complexity index is 1260. The van der Waals surface area contributed by atoms with Crippen molar-refractivity contribution in [2.45, 2.75) is 32.2 Å². The topological polar surface area (TPSA) is 137 Å². The standard InChI is InChI=1S/C22H23F3N4O3.3BrH/c1-10-18(24)20(28)17-15(30)9-16(32-21(17)19(10)25)11-5-6-14(12(23)8-11)29-22(31)13(27)4-2-3-7-26;;;/h5-6,8-9,13H,2-4,7,26-28H2,1H3,(H,29,31);3*1H/t13-;;;/m0.../s1. The van der Waals surface area contributed by atoms with Crippen molar-refractivity contribution in [1.29, 1.82) is 0 Å². The summed E-state index contributed by atoms with van der Waals surface area (Å²) in [6, 6.07) is 3.79. The average molecular weight is 691 g/mol. The molecule has 13 heteroatoms. The van der Waals surface area contributed by atoms with Gasteiger partial charge in [0.05, 0.1) is 22.8 Å². The number of hydrogen-bond donors (Lipinski definition) is 4. The molecule has 0 aliphatic heterocycles. The van der Waals surface area contributed by atoms with E-state index in [9.17, 15) is 22.8 Å². The Morgan fingerprint density at radius 1 is 1.09 bits per heavy atom. The molecule has 7 N–H and O–H groups in total. The number of rotatable bonds is 7. The van der Waals surface area contributed by atoms with Gasteiger partial charge >= 0.3 is 0 Å². The van der Waals surface area contributed by atoms with E-state index in [-0.39, 0.29) is 68.0 Å². The molecular weight excluding hydrogens is 665 g/mol. The van der Waals surface area contributed by atoms with Gasteiger partial charge in [-0.25, -0.2) is 13.2 Å². The fourth-order valence-electron chi connectivity index (χ4n) is 3.26. The second-order valence-electron chi connectivity index (χ2n) is 7.42. The van der Waals surface area contributed by atoms with Crippen molar-refractivity contribution in [2.24, 2.45) is 11.5 Å². The van der Waals surface area contributed by atoms with Crippen LogP contribution in [0, 0.1) is 24.4 Å². The number of halogens is 6. The highest BCUT2D eigenvalue weighted by Crippen LogP contribution is 2.32. The fourth-order valence-corrected chi connectivity index (χ4v) is 3.26.